The monoisotopic (exact) mass is 430 g/mol. The Labute approximate surface area is 181 Å². The van der Waals surface area contributed by atoms with Gasteiger partial charge in [-0.1, -0.05) is 48.2 Å². The van der Waals surface area contributed by atoms with Crippen molar-refractivity contribution in [3.8, 4) is 11.4 Å². The molecule has 1 N–H and O–H groups in total. The zero-order chi connectivity index (χ0) is 21.0. The molecule has 0 saturated carbocycles. The SMILES string of the molecule is O=c1[nH]c(SCCCc2nnnn2-c2ccccc2)nc2c1cnn2-c1ccccc1. The smallest absolute Gasteiger partial charge is 0.262 e. The Hall–Kier alpha value is -3.79. The second-order valence-corrected chi connectivity index (χ2v) is 7.88. The van der Waals surface area contributed by atoms with E-state index < -0.39 is 0 Å². The van der Waals surface area contributed by atoms with Crippen LogP contribution in [-0.4, -0.2) is 45.7 Å². The second-order valence-electron chi connectivity index (χ2n) is 6.79. The first-order chi connectivity index (χ1) is 15.3. The van der Waals surface area contributed by atoms with Gasteiger partial charge in [-0.25, -0.2) is 9.67 Å². The molecule has 9 nitrogen and oxygen atoms in total. The van der Waals surface area contributed by atoms with E-state index in [1.807, 2.05) is 60.7 Å². The maximum absolute atomic E-state index is 12.5. The maximum Gasteiger partial charge on any atom is 0.262 e. The molecule has 3 heterocycles. The lowest BCUT2D eigenvalue weighted by atomic mass is 10.3. The molecule has 31 heavy (non-hydrogen) atoms. The van der Waals surface area contributed by atoms with E-state index in [2.05, 4.69) is 30.6 Å². The zero-order valence-corrected chi connectivity index (χ0v) is 17.2. The van der Waals surface area contributed by atoms with Crippen LogP contribution in [0.5, 0.6) is 0 Å². The molecule has 0 radical (unpaired) electrons. The van der Waals surface area contributed by atoms with Gasteiger partial charge < -0.3 is 4.98 Å². The maximum atomic E-state index is 12.5. The fourth-order valence-electron chi connectivity index (χ4n) is 3.26. The Bertz CT molecular complexity index is 1360. The van der Waals surface area contributed by atoms with E-state index in [1.165, 1.54) is 11.8 Å². The van der Waals surface area contributed by atoms with Crippen LogP contribution in [0.25, 0.3) is 22.4 Å². The number of H-pyrrole nitrogens is 1. The van der Waals surface area contributed by atoms with Crippen molar-refractivity contribution in [2.75, 3.05) is 5.75 Å². The number of para-hydroxylation sites is 2. The lowest BCUT2D eigenvalue weighted by Crippen LogP contribution is -2.10. The van der Waals surface area contributed by atoms with Crippen LogP contribution in [0.4, 0.5) is 0 Å². The summed E-state index contributed by atoms with van der Waals surface area (Å²) in [6.07, 6.45) is 3.09. The molecular weight excluding hydrogens is 412 g/mol. The van der Waals surface area contributed by atoms with Crippen LogP contribution in [0.15, 0.2) is 76.8 Å². The van der Waals surface area contributed by atoms with Gasteiger partial charge in [-0.05, 0) is 41.1 Å². The van der Waals surface area contributed by atoms with E-state index in [4.69, 9.17) is 0 Å². The summed E-state index contributed by atoms with van der Waals surface area (Å²) in [5.41, 5.74) is 2.15. The Kier molecular flexibility index (Phi) is 5.28. The first kappa shape index (κ1) is 19.2. The minimum absolute atomic E-state index is 0.192. The summed E-state index contributed by atoms with van der Waals surface area (Å²) in [5.74, 6) is 1.56. The van der Waals surface area contributed by atoms with Crippen LogP contribution in [0.1, 0.15) is 12.2 Å². The lowest BCUT2D eigenvalue weighted by Gasteiger charge is -2.05. The zero-order valence-electron chi connectivity index (χ0n) is 16.4. The lowest BCUT2D eigenvalue weighted by molar-refractivity contribution is 0.747. The molecule has 0 aliphatic heterocycles. The molecule has 0 atom stereocenters. The van der Waals surface area contributed by atoms with Gasteiger partial charge in [-0.3, -0.25) is 4.79 Å². The van der Waals surface area contributed by atoms with E-state index in [-0.39, 0.29) is 5.56 Å². The molecule has 10 heteroatoms. The summed E-state index contributed by atoms with van der Waals surface area (Å²) in [6, 6.07) is 19.4. The highest BCUT2D eigenvalue weighted by atomic mass is 32.2. The number of thioether (sulfide) groups is 1. The molecule has 0 fully saturated rings. The highest BCUT2D eigenvalue weighted by Gasteiger charge is 2.12. The number of nitrogens with one attached hydrogen (secondary N) is 1. The largest absolute Gasteiger partial charge is 0.301 e. The van der Waals surface area contributed by atoms with Gasteiger partial charge in [-0.15, -0.1) is 5.10 Å². The first-order valence-electron chi connectivity index (χ1n) is 9.78. The standard InChI is InChI=1S/C21H18N8OS/c30-20-17-14-22-29(16-10-5-2-6-11-16)19(17)23-21(24-20)31-13-7-12-18-25-26-27-28(18)15-8-3-1-4-9-15/h1-6,8-11,14H,7,12-13H2,(H,23,24,30). The summed E-state index contributed by atoms with van der Waals surface area (Å²) >= 11 is 1.49. The Morgan fingerprint density at radius 2 is 1.65 bits per heavy atom. The molecule has 0 aliphatic rings. The molecule has 3 aromatic heterocycles. The van der Waals surface area contributed by atoms with E-state index in [0.717, 1.165) is 29.4 Å². The summed E-state index contributed by atoms with van der Waals surface area (Å²) in [7, 11) is 0. The fourth-order valence-corrected chi connectivity index (χ4v) is 4.05. The van der Waals surface area contributed by atoms with Crippen molar-refractivity contribution in [2.24, 2.45) is 0 Å². The predicted molar refractivity (Wildman–Crippen MR) is 118 cm³/mol. The summed E-state index contributed by atoms with van der Waals surface area (Å²) in [6.45, 7) is 0. The Balaban J connectivity index is 1.29. The van der Waals surface area contributed by atoms with Crippen molar-refractivity contribution in [3.05, 3.63) is 83.0 Å². The van der Waals surface area contributed by atoms with Crippen molar-refractivity contribution in [1.82, 2.24) is 40.0 Å². The summed E-state index contributed by atoms with van der Waals surface area (Å²) < 4.78 is 3.43. The molecule has 0 spiro atoms. The molecule has 5 aromatic rings. The van der Waals surface area contributed by atoms with E-state index >= 15 is 0 Å². The first-order valence-corrected chi connectivity index (χ1v) is 10.8. The van der Waals surface area contributed by atoms with Gasteiger partial charge in [0.25, 0.3) is 5.56 Å². The molecule has 0 saturated heterocycles. The normalized spacial score (nSPS) is 11.2. The molecule has 0 bridgehead atoms. The van der Waals surface area contributed by atoms with Gasteiger partial charge in [-0.2, -0.15) is 9.78 Å². The van der Waals surface area contributed by atoms with Crippen molar-refractivity contribution in [3.63, 3.8) is 0 Å². The Morgan fingerprint density at radius 1 is 0.935 bits per heavy atom. The highest BCUT2D eigenvalue weighted by molar-refractivity contribution is 7.99. The van der Waals surface area contributed by atoms with Crippen LogP contribution in [0.2, 0.25) is 0 Å². The molecule has 154 valence electrons. The third-order valence-electron chi connectivity index (χ3n) is 4.74. The number of aryl methyl sites for hydroxylation is 1. The molecule has 2 aromatic carbocycles. The van der Waals surface area contributed by atoms with Crippen LogP contribution >= 0.6 is 11.8 Å². The molecule has 5 rings (SSSR count). The molecule has 0 unspecified atom stereocenters. The number of aromatic nitrogens is 8. The van der Waals surface area contributed by atoms with Crippen LogP contribution in [0.3, 0.4) is 0 Å². The van der Waals surface area contributed by atoms with Gasteiger partial charge in [0.1, 0.15) is 5.39 Å². The minimum Gasteiger partial charge on any atom is -0.301 e. The van der Waals surface area contributed by atoms with Crippen LogP contribution in [-0.2, 0) is 6.42 Å². The van der Waals surface area contributed by atoms with Crippen LogP contribution < -0.4 is 5.56 Å². The number of rotatable bonds is 7. The fraction of sp³-hybridized carbons (Fsp3) is 0.143. The van der Waals surface area contributed by atoms with Crippen molar-refractivity contribution in [2.45, 2.75) is 18.0 Å². The van der Waals surface area contributed by atoms with Crippen LogP contribution in [0, 0.1) is 0 Å². The van der Waals surface area contributed by atoms with E-state index in [1.54, 1.807) is 15.6 Å². The number of benzene rings is 2. The molecular formula is C21H18N8OS. The van der Waals surface area contributed by atoms with Gasteiger partial charge in [0, 0.05) is 12.2 Å². The quantitative estimate of drug-likeness (QED) is 0.240. The highest BCUT2D eigenvalue weighted by Crippen LogP contribution is 2.19. The van der Waals surface area contributed by atoms with Gasteiger partial charge in [0.05, 0.1) is 17.6 Å². The van der Waals surface area contributed by atoms with Crippen molar-refractivity contribution < 1.29 is 0 Å². The minimum atomic E-state index is -0.192. The number of hydrogen-bond acceptors (Lipinski definition) is 7. The van der Waals surface area contributed by atoms with Gasteiger partial charge >= 0.3 is 0 Å². The van der Waals surface area contributed by atoms with E-state index in [9.17, 15) is 4.79 Å². The molecule has 0 aliphatic carbocycles. The average Bonchev–Trinajstić information content (AvgIpc) is 3.45. The summed E-state index contributed by atoms with van der Waals surface area (Å²) in [5, 5.41) is 17.4. The summed E-state index contributed by atoms with van der Waals surface area (Å²) in [4.78, 5) is 20.0. The number of tetrazole rings is 1. The van der Waals surface area contributed by atoms with Gasteiger partial charge in [0.2, 0.25) is 0 Å². The number of fused-ring (bicyclic) bond motifs is 1. The number of hydrogen-bond donors (Lipinski definition) is 1. The average molecular weight is 430 g/mol. The Morgan fingerprint density at radius 3 is 2.39 bits per heavy atom. The third kappa shape index (κ3) is 3.97. The topological polar surface area (TPSA) is 107 Å². The third-order valence-corrected chi connectivity index (χ3v) is 5.70. The number of nitrogens with zero attached hydrogens (tertiary/aromatic N) is 7. The van der Waals surface area contributed by atoms with Crippen molar-refractivity contribution in [1.29, 1.82) is 0 Å². The molecule has 0 amide bonds. The second kappa shape index (κ2) is 8.52. The van der Waals surface area contributed by atoms with E-state index in [0.29, 0.717) is 22.6 Å². The van der Waals surface area contributed by atoms with Gasteiger partial charge in [0.15, 0.2) is 16.6 Å². The van der Waals surface area contributed by atoms with Crippen molar-refractivity contribution >= 4 is 22.8 Å². The number of aromatic amines is 1. The predicted octanol–water partition coefficient (Wildman–Crippen LogP) is 2.81.